The van der Waals surface area contributed by atoms with E-state index in [1.54, 1.807) is 0 Å². The minimum absolute atomic E-state index is 1.07. The van der Waals surface area contributed by atoms with Crippen molar-refractivity contribution in [2.24, 2.45) is 0 Å². The third-order valence-corrected chi connectivity index (χ3v) is 3.70. The molecule has 1 heteroatoms. The number of fused-ring (bicyclic) bond motifs is 1. The predicted molar refractivity (Wildman–Crippen MR) is 77.2 cm³/mol. The second-order valence-electron chi connectivity index (χ2n) is 4.05. The van der Waals surface area contributed by atoms with Crippen LogP contribution in [-0.4, -0.2) is 0 Å². The molecule has 0 nitrogen and oxygen atoms in total. The first-order valence-corrected chi connectivity index (χ1v) is 6.45. The number of rotatable bonds is 1. The summed E-state index contributed by atoms with van der Waals surface area (Å²) < 4.78 is 1.29. The second kappa shape index (κ2) is 4.06. The largest absolute Gasteiger partial charge is 0.0619 e. The lowest BCUT2D eigenvalue weighted by molar-refractivity contribution is 1.31. The van der Waals surface area contributed by atoms with E-state index in [0.717, 1.165) is 6.42 Å². The SMILES string of the molecule is Ic1ccc(C2=Cc3ccccc3C2)cc1. The van der Waals surface area contributed by atoms with E-state index < -0.39 is 0 Å². The highest BCUT2D eigenvalue weighted by Crippen LogP contribution is 2.31. The zero-order chi connectivity index (χ0) is 11.0. The fraction of sp³-hybridized carbons (Fsp3) is 0.0667. The molecule has 0 heterocycles. The Morgan fingerprint density at radius 2 is 1.62 bits per heavy atom. The van der Waals surface area contributed by atoms with E-state index in [4.69, 9.17) is 0 Å². The number of hydrogen-bond donors (Lipinski definition) is 0. The molecule has 0 radical (unpaired) electrons. The Labute approximate surface area is 109 Å². The normalized spacial score (nSPS) is 13.4. The third-order valence-electron chi connectivity index (χ3n) is 2.98. The summed E-state index contributed by atoms with van der Waals surface area (Å²) in [6.07, 6.45) is 3.37. The summed E-state index contributed by atoms with van der Waals surface area (Å²) in [5, 5.41) is 0. The van der Waals surface area contributed by atoms with Crippen LogP contribution in [0, 0.1) is 3.57 Å². The van der Waals surface area contributed by atoms with Crippen molar-refractivity contribution in [3.05, 3.63) is 68.8 Å². The van der Waals surface area contributed by atoms with Gasteiger partial charge in [-0.25, -0.2) is 0 Å². The maximum Gasteiger partial charge on any atom is 0.0130 e. The average Bonchev–Trinajstić information content (AvgIpc) is 2.73. The zero-order valence-corrected chi connectivity index (χ0v) is 10.9. The van der Waals surface area contributed by atoms with Crippen molar-refractivity contribution in [2.75, 3.05) is 0 Å². The third kappa shape index (κ3) is 1.80. The molecule has 0 spiro atoms. The van der Waals surface area contributed by atoms with Crippen LogP contribution < -0.4 is 0 Å². The van der Waals surface area contributed by atoms with Gasteiger partial charge in [0.25, 0.3) is 0 Å². The Bertz CT molecular complexity index is 550. The summed E-state index contributed by atoms with van der Waals surface area (Å²) >= 11 is 2.34. The quantitative estimate of drug-likeness (QED) is 0.684. The molecule has 0 saturated carbocycles. The number of hydrogen-bond acceptors (Lipinski definition) is 0. The highest BCUT2D eigenvalue weighted by Gasteiger charge is 2.12. The van der Waals surface area contributed by atoms with Gasteiger partial charge in [-0.15, -0.1) is 0 Å². The molecule has 2 aromatic carbocycles. The van der Waals surface area contributed by atoms with Crippen molar-refractivity contribution in [2.45, 2.75) is 6.42 Å². The molecule has 0 unspecified atom stereocenters. The summed E-state index contributed by atoms with van der Waals surface area (Å²) in [4.78, 5) is 0. The van der Waals surface area contributed by atoms with Gasteiger partial charge in [0.1, 0.15) is 0 Å². The average molecular weight is 318 g/mol. The summed E-state index contributed by atoms with van der Waals surface area (Å²) in [7, 11) is 0. The molecule has 16 heavy (non-hydrogen) atoms. The van der Waals surface area contributed by atoms with Gasteiger partial charge in [-0.3, -0.25) is 0 Å². The van der Waals surface area contributed by atoms with E-state index in [-0.39, 0.29) is 0 Å². The highest BCUT2D eigenvalue weighted by atomic mass is 127. The molecule has 1 aliphatic rings. The first-order valence-electron chi connectivity index (χ1n) is 5.37. The van der Waals surface area contributed by atoms with Gasteiger partial charge in [-0.05, 0) is 63.4 Å². The van der Waals surface area contributed by atoms with Crippen LogP contribution in [0.1, 0.15) is 16.7 Å². The van der Waals surface area contributed by atoms with E-state index in [1.807, 2.05) is 0 Å². The Kier molecular flexibility index (Phi) is 2.56. The van der Waals surface area contributed by atoms with Crippen molar-refractivity contribution in [3.8, 4) is 0 Å². The minimum Gasteiger partial charge on any atom is -0.0619 e. The molecule has 0 saturated heterocycles. The van der Waals surface area contributed by atoms with Crippen LogP contribution in [0.2, 0.25) is 0 Å². The smallest absolute Gasteiger partial charge is 0.0130 e. The van der Waals surface area contributed by atoms with Crippen molar-refractivity contribution < 1.29 is 0 Å². The summed E-state index contributed by atoms with van der Waals surface area (Å²) in [5.41, 5.74) is 5.58. The van der Waals surface area contributed by atoms with Gasteiger partial charge in [0.2, 0.25) is 0 Å². The summed E-state index contributed by atoms with van der Waals surface area (Å²) in [5.74, 6) is 0. The monoisotopic (exact) mass is 318 g/mol. The van der Waals surface area contributed by atoms with E-state index in [2.05, 4.69) is 77.2 Å². The Morgan fingerprint density at radius 1 is 0.875 bits per heavy atom. The molecular weight excluding hydrogens is 307 g/mol. The van der Waals surface area contributed by atoms with Crippen molar-refractivity contribution in [3.63, 3.8) is 0 Å². The number of allylic oxidation sites excluding steroid dienone is 1. The number of halogens is 1. The van der Waals surface area contributed by atoms with E-state index in [0.29, 0.717) is 0 Å². The van der Waals surface area contributed by atoms with Crippen LogP contribution >= 0.6 is 22.6 Å². The maximum atomic E-state index is 2.34. The van der Waals surface area contributed by atoms with Crippen LogP contribution in [0.15, 0.2) is 48.5 Å². The van der Waals surface area contributed by atoms with Crippen molar-refractivity contribution in [1.29, 1.82) is 0 Å². The van der Waals surface area contributed by atoms with Gasteiger partial charge < -0.3 is 0 Å². The lowest BCUT2D eigenvalue weighted by Crippen LogP contribution is -1.85. The lowest BCUT2D eigenvalue weighted by Gasteiger charge is -2.02. The van der Waals surface area contributed by atoms with Crippen LogP contribution in [0.3, 0.4) is 0 Å². The molecule has 0 fully saturated rings. The highest BCUT2D eigenvalue weighted by molar-refractivity contribution is 14.1. The Morgan fingerprint density at radius 3 is 2.38 bits per heavy atom. The second-order valence-corrected chi connectivity index (χ2v) is 5.30. The molecule has 0 atom stereocenters. The fourth-order valence-electron chi connectivity index (χ4n) is 2.13. The minimum atomic E-state index is 1.07. The van der Waals surface area contributed by atoms with Crippen LogP contribution in [0.25, 0.3) is 11.6 Å². The standard InChI is InChI=1S/C15H11I/c16-15-7-5-11(6-8-15)14-9-12-3-1-2-4-13(12)10-14/h1-9H,10H2. The van der Waals surface area contributed by atoms with E-state index >= 15 is 0 Å². The van der Waals surface area contributed by atoms with Crippen molar-refractivity contribution >= 4 is 34.2 Å². The van der Waals surface area contributed by atoms with E-state index in [1.165, 1.54) is 25.8 Å². The Hall–Kier alpha value is -1.09. The van der Waals surface area contributed by atoms with Gasteiger partial charge in [-0.2, -0.15) is 0 Å². The molecule has 3 rings (SSSR count). The maximum absolute atomic E-state index is 2.34. The molecule has 0 amide bonds. The molecule has 1 aliphatic carbocycles. The summed E-state index contributed by atoms with van der Waals surface area (Å²) in [6.45, 7) is 0. The molecular formula is C15H11I. The van der Waals surface area contributed by atoms with Gasteiger partial charge >= 0.3 is 0 Å². The van der Waals surface area contributed by atoms with Crippen molar-refractivity contribution in [1.82, 2.24) is 0 Å². The molecule has 0 N–H and O–H groups in total. The van der Waals surface area contributed by atoms with Gasteiger partial charge in [0.15, 0.2) is 0 Å². The predicted octanol–water partition coefficient (Wildman–Crippen LogP) is 4.39. The summed E-state index contributed by atoms with van der Waals surface area (Å²) in [6, 6.07) is 17.4. The van der Waals surface area contributed by atoms with Crippen LogP contribution in [-0.2, 0) is 6.42 Å². The first kappa shape index (κ1) is 10.1. The zero-order valence-electron chi connectivity index (χ0n) is 8.78. The molecule has 0 aromatic heterocycles. The van der Waals surface area contributed by atoms with E-state index in [9.17, 15) is 0 Å². The Balaban J connectivity index is 1.98. The molecule has 2 aromatic rings. The fourth-order valence-corrected chi connectivity index (χ4v) is 2.49. The van der Waals surface area contributed by atoms with Gasteiger partial charge in [-0.1, -0.05) is 42.5 Å². The lowest BCUT2D eigenvalue weighted by atomic mass is 10.0. The first-order chi connectivity index (χ1) is 7.83. The van der Waals surface area contributed by atoms with Crippen LogP contribution in [0.5, 0.6) is 0 Å². The number of benzene rings is 2. The van der Waals surface area contributed by atoms with Gasteiger partial charge in [0.05, 0.1) is 0 Å². The topological polar surface area (TPSA) is 0 Å². The molecule has 0 aliphatic heterocycles. The molecule has 78 valence electrons. The molecule has 0 bridgehead atoms. The van der Waals surface area contributed by atoms with Gasteiger partial charge in [0, 0.05) is 3.57 Å². The van der Waals surface area contributed by atoms with Crippen LogP contribution in [0.4, 0.5) is 0 Å².